The molecule has 0 spiro atoms. The molecule has 1 aliphatic heterocycles. The minimum Gasteiger partial charge on any atom is -0.314 e. The van der Waals surface area contributed by atoms with Crippen LogP contribution in [-0.4, -0.2) is 37.3 Å². The molecule has 7 heteroatoms. The number of nitrogens with zero attached hydrogens (tertiary/aromatic N) is 1. The van der Waals surface area contributed by atoms with E-state index in [4.69, 9.17) is 23.2 Å². The van der Waals surface area contributed by atoms with Gasteiger partial charge in [0.2, 0.25) is 0 Å². The largest absolute Gasteiger partial charge is 0.390 e. The van der Waals surface area contributed by atoms with Crippen LogP contribution in [0.15, 0.2) is 18.2 Å². The van der Waals surface area contributed by atoms with Gasteiger partial charge in [-0.1, -0.05) is 29.3 Å². The molecule has 0 amide bonds. The molecule has 0 unspecified atom stereocenters. The summed E-state index contributed by atoms with van der Waals surface area (Å²) in [7, 11) is 0. The third-order valence-electron chi connectivity index (χ3n) is 3.34. The van der Waals surface area contributed by atoms with Crippen LogP contribution in [0.2, 0.25) is 10.0 Å². The van der Waals surface area contributed by atoms with Crippen molar-refractivity contribution in [3.63, 3.8) is 0 Å². The molecule has 0 bridgehead atoms. The Hall–Kier alpha value is -0.490. The molecule has 1 saturated heterocycles. The molecule has 1 aromatic rings. The summed E-state index contributed by atoms with van der Waals surface area (Å²) in [5.74, 6) is 0. The Morgan fingerprint density at radius 2 is 1.85 bits per heavy atom. The topological polar surface area (TPSA) is 15.3 Å². The first-order valence-corrected chi connectivity index (χ1v) is 7.09. The average molecular weight is 327 g/mol. The van der Waals surface area contributed by atoms with E-state index in [0.29, 0.717) is 36.8 Å². The van der Waals surface area contributed by atoms with Crippen molar-refractivity contribution in [2.24, 2.45) is 0 Å². The summed E-state index contributed by atoms with van der Waals surface area (Å²) in [6.45, 7) is 2.50. The minimum atomic E-state index is -4.24. The summed E-state index contributed by atoms with van der Waals surface area (Å²) in [6.07, 6.45) is -5.15. The van der Waals surface area contributed by atoms with Gasteiger partial charge in [0.05, 0.1) is 6.42 Å². The predicted octanol–water partition coefficient (Wildman–Crippen LogP) is 3.89. The number of hydrogen-bond donors (Lipinski definition) is 1. The highest BCUT2D eigenvalue weighted by molar-refractivity contribution is 6.35. The number of alkyl halides is 3. The lowest BCUT2D eigenvalue weighted by Gasteiger charge is -2.36. The van der Waals surface area contributed by atoms with Gasteiger partial charge in [-0.05, 0) is 17.7 Å². The summed E-state index contributed by atoms with van der Waals surface area (Å²) < 4.78 is 38.5. The molecule has 0 aromatic heterocycles. The second-order valence-corrected chi connectivity index (χ2v) is 5.63. The number of halogens is 5. The van der Waals surface area contributed by atoms with Crippen molar-refractivity contribution in [3.05, 3.63) is 33.8 Å². The van der Waals surface area contributed by atoms with Gasteiger partial charge in [-0.15, -0.1) is 0 Å². The van der Waals surface area contributed by atoms with Crippen molar-refractivity contribution < 1.29 is 13.2 Å². The molecule has 0 aliphatic carbocycles. The van der Waals surface area contributed by atoms with Crippen LogP contribution in [-0.2, 0) is 0 Å². The molecule has 2 rings (SSSR count). The predicted molar refractivity (Wildman–Crippen MR) is 74.3 cm³/mol. The zero-order valence-electron chi connectivity index (χ0n) is 10.7. The van der Waals surface area contributed by atoms with Crippen molar-refractivity contribution in [2.75, 3.05) is 26.2 Å². The Morgan fingerprint density at radius 1 is 1.20 bits per heavy atom. The van der Waals surface area contributed by atoms with Crippen LogP contribution in [0.1, 0.15) is 18.0 Å². The van der Waals surface area contributed by atoms with E-state index in [9.17, 15) is 13.2 Å². The summed E-state index contributed by atoms with van der Waals surface area (Å²) in [5, 5.41) is 3.83. The highest BCUT2D eigenvalue weighted by Gasteiger charge is 2.36. The Balaban J connectivity index is 2.29. The molecule has 1 fully saturated rings. The van der Waals surface area contributed by atoms with Crippen molar-refractivity contribution in [1.82, 2.24) is 10.2 Å². The summed E-state index contributed by atoms with van der Waals surface area (Å²) in [4.78, 5) is 1.82. The number of nitrogens with one attached hydrogen (secondary N) is 1. The highest BCUT2D eigenvalue weighted by atomic mass is 35.5. The Labute approximate surface area is 125 Å². The van der Waals surface area contributed by atoms with Crippen molar-refractivity contribution in [1.29, 1.82) is 0 Å². The fourth-order valence-electron chi connectivity index (χ4n) is 2.42. The highest BCUT2D eigenvalue weighted by Crippen LogP contribution is 2.37. The monoisotopic (exact) mass is 326 g/mol. The Bertz CT molecular complexity index is 459. The van der Waals surface area contributed by atoms with E-state index in [0.717, 1.165) is 0 Å². The van der Waals surface area contributed by atoms with Crippen LogP contribution in [0.5, 0.6) is 0 Å². The number of hydrogen-bond acceptors (Lipinski definition) is 2. The summed E-state index contributed by atoms with van der Waals surface area (Å²) >= 11 is 11.9. The molecule has 1 aromatic carbocycles. The zero-order valence-corrected chi connectivity index (χ0v) is 12.2. The van der Waals surface area contributed by atoms with E-state index in [1.165, 1.54) is 6.07 Å². The van der Waals surface area contributed by atoms with Crippen LogP contribution in [0.25, 0.3) is 0 Å². The maximum absolute atomic E-state index is 12.8. The lowest BCUT2D eigenvalue weighted by Crippen LogP contribution is -2.46. The fourth-order valence-corrected chi connectivity index (χ4v) is 2.95. The summed E-state index contributed by atoms with van der Waals surface area (Å²) in [5.41, 5.74) is 0.482. The van der Waals surface area contributed by atoms with Gasteiger partial charge in [-0.25, -0.2) is 0 Å². The quantitative estimate of drug-likeness (QED) is 0.906. The van der Waals surface area contributed by atoms with Crippen molar-refractivity contribution >= 4 is 23.2 Å². The second-order valence-electron chi connectivity index (χ2n) is 4.79. The van der Waals surface area contributed by atoms with Crippen LogP contribution in [0.3, 0.4) is 0 Å². The van der Waals surface area contributed by atoms with E-state index >= 15 is 0 Å². The second kappa shape index (κ2) is 6.52. The number of piperazine rings is 1. The third kappa shape index (κ3) is 4.25. The summed E-state index contributed by atoms with van der Waals surface area (Å²) in [6, 6.07) is 3.89. The smallest absolute Gasteiger partial charge is 0.314 e. The minimum absolute atomic E-state index is 0.283. The first-order valence-electron chi connectivity index (χ1n) is 6.33. The number of rotatable bonds is 3. The van der Waals surface area contributed by atoms with Gasteiger partial charge in [-0.2, -0.15) is 13.2 Å². The first-order chi connectivity index (χ1) is 9.37. The van der Waals surface area contributed by atoms with E-state index in [1.54, 1.807) is 12.1 Å². The Kier molecular flexibility index (Phi) is 5.18. The van der Waals surface area contributed by atoms with Crippen LogP contribution < -0.4 is 5.32 Å². The van der Waals surface area contributed by atoms with Gasteiger partial charge in [0.25, 0.3) is 0 Å². The molecule has 0 saturated carbocycles. The van der Waals surface area contributed by atoms with Crippen LogP contribution >= 0.6 is 23.2 Å². The van der Waals surface area contributed by atoms with E-state index in [-0.39, 0.29) is 5.02 Å². The van der Waals surface area contributed by atoms with E-state index in [2.05, 4.69) is 5.32 Å². The lowest BCUT2D eigenvalue weighted by molar-refractivity contribution is -0.148. The molecule has 1 atom stereocenters. The first kappa shape index (κ1) is 15.9. The fraction of sp³-hybridized carbons (Fsp3) is 0.538. The maximum atomic E-state index is 12.8. The van der Waals surface area contributed by atoms with Gasteiger partial charge in [0.15, 0.2) is 0 Å². The van der Waals surface area contributed by atoms with E-state index < -0.39 is 18.6 Å². The molecule has 2 nitrogen and oxygen atoms in total. The third-order valence-corrected chi connectivity index (χ3v) is 3.90. The van der Waals surface area contributed by atoms with Gasteiger partial charge in [0, 0.05) is 42.3 Å². The zero-order chi connectivity index (χ0) is 14.8. The van der Waals surface area contributed by atoms with Crippen LogP contribution in [0.4, 0.5) is 13.2 Å². The van der Waals surface area contributed by atoms with Gasteiger partial charge in [-0.3, -0.25) is 4.90 Å². The molecule has 1 aliphatic rings. The van der Waals surface area contributed by atoms with Gasteiger partial charge < -0.3 is 5.32 Å². The van der Waals surface area contributed by atoms with Crippen molar-refractivity contribution in [3.8, 4) is 0 Å². The van der Waals surface area contributed by atoms with Gasteiger partial charge in [0.1, 0.15) is 0 Å². The SMILES string of the molecule is FC(F)(F)C[C@@H](c1ccc(Cl)cc1Cl)N1CCNCC1. The molecule has 0 radical (unpaired) electrons. The van der Waals surface area contributed by atoms with E-state index in [1.807, 2.05) is 4.90 Å². The molecule has 1 N–H and O–H groups in total. The number of benzene rings is 1. The molecular weight excluding hydrogens is 312 g/mol. The normalized spacial score (nSPS) is 19.1. The lowest BCUT2D eigenvalue weighted by atomic mass is 10.0. The van der Waals surface area contributed by atoms with Crippen LogP contribution in [0, 0.1) is 0 Å². The van der Waals surface area contributed by atoms with Gasteiger partial charge >= 0.3 is 6.18 Å². The average Bonchev–Trinajstić information content (AvgIpc) is 2.36. The molecule has 20 heavy (non-hydrogen) atoms. The molecular formula is C13H15Cl2F3N2. The Morgan fingerprint density at radius 3 is 2.40 bits per heavy atom. The molecule has 112 valence electrons. The maximum Gasteiger partial charge on any atom is 0.390 e. The standard InChI is InChI=1S/C13H15Cl2F3N2/c14-9-1-2-10(11(15)7-9)12(8-13(16,17)18)20-5-3-19-4-6-20/h1-2,7,12,19H,3-6,8H2/t12-/m0/s1. The molecule has 1 heterocycles. The van der Waals surface area contributed by atoms with Crippen molar-refractivity contribution in [2.45, 2.75) is 18.6 Å².